The highest BCUT2D eigenvalue weighted by Crippen LogP contribution is 2.41. The molecule has 5 rings (SSSR count). The van der Waals surface area contributed by atoms with Crippen molar-refractivity contribution in [3.05, 3.63) is 64.4 Å². The Kier molecular flexibility index (Phi) is 8.40. The van der Waals surface area contributed by atoms with E-state index >= 15 is 0 Å². The minimum absolute atomic E-state index is 0.0529. The second kappa shape index (κ2) is 12.1. The van der Waals surface area contributed by atoms with Crippen molar-refractivity contribution in [1.29, 1.82) is 0 Å². The average Bonchev–Trinajstić information content (AvgIpc) is 3.56. The number of hydrogen-bond acceptors (Lipinski definition) is 9. The van der Waals surface area contributed by atoms with Gasteiger partial charge in [0.1, 0.15) is 5.71 Å². The van der Waals surface area contributed by atoms with E-state index in [0.717, 1.165) is 41.4 Å². The number of aromatic hydroxyl groups is 1. The highest BCUT2D eigenvalue weighted by atomic mass is 79.9. The molecule has 0 radical (unpaired) electrons. The number of hydrogen-bond donors (Lipinski definition) is 1. The molecule has 0 spiro atoms. The number of likely N-dealkylation sites (tertiary alicyclic amines) is 1. The van der Waals surface area contributed by atoms with Crippen molar-refractivity contribution < 1.29 is 19.5 Å². The first kappa shape index (κ1) is 26.4. The summed E-state index contributed by atoms with van der Waals surface area (Å²) >= 11 is 4.95. The van der Waals surface area contributed by atoms with Gasteiger partial charge in [0.05, 0.1) is 18.4 Å². The standard InChI is InChI=1S/C26H27BrN6O4S/c1-17(26-36-11-12-38-26)31-37-15-23(34)29-30-24-20-13-19(27)7-8-22(20)33(25(24)35)16-32-10-3-2-6-21(32)18-5-4-9-28-14-18/h4-5,7-9,11-14,21,26,35H,2-3,6,10,15-16H2,1H3/b30-29?,31-17-/t21-,26-/m0/s1. The van der Waals surface area contributed by atoms with E-state index in [-0.39, 0.29) is 29.7 Å². The van der Waals surface area contributed by atoms with Crippen molar-refractivity contribution in [1.82, 2.24) is 14.5 Å². The Labute approximate surface area is 232 Å². The van der Waals surface area contributed by atoms with Gasteiger partial charge in [-0.25, -0.2) is 0 Å². The van der Waals surface area contributed by atoms with Gasteiger partial charge in [0, 0.05) is 40.2 Å². The summed E-state index contributed by atoms with van der Waals surface area (Å²) in [5.74, 6) is -0.675. The first-order valence-corrected chi connectivity index (χ1v) is 14.0. The summed E-state index contributed by atoms with van der Waals surface area (Å²) in [6.45, 7) is 2.72. The number of aromatic nitrogens is 2. The minimum Gasteiger partial charge on any atom is -0.493 e. The van der Waals surface area contributed by atoms with Gasteiger partial charge in [0.25, 0.3) is 0 Å². The van der Waals surface area contributed by atoms with Gasteiger partial charge in [-0.15, -0.1) is 10.2 Å². The highest BCUT2D eigenvalue weighted by Gasteiger charge is 2.27. The third kappa shape index (κ3) is 5.92. The third-order valence-corrected chi connectivity index (χ3v) is 7.90. The van der Waals surface area contributed by atoms with Gasteiger partial charge in [-0.2, -0.15) is 0 Å². The van der Waals surface area contributed by atoms with Gasteiger partial charge < -0.3 is 14.7 Å². The number of piperidine rings is 1. The zero-order chi connectivity index (χ0) is 26.5. The summed E-state index contributed by atoms with van der Waals surface area (Å²) in [5.41, 5.74) is 2.51. The zero-order valence-electron chi connectivity index (χ0n) is 20.7. The molecule has 0 aliphatic carbocycles. The SMILES string of the molecule is C/C(=N/OCC(=O)N=Nc1c(O)n(CN2CCCC[C@H]2c2cccnc2)c2ccc(Br)cc12)[C@H]1OC=CS1. The number of nitrogens with zero attached hydrogens (tertiary/aromatic N) is 6. The van der Waals surface area contributed by atoms with Crippen molar-refractivity contribution in [3.63, 3.8) is 0 Å². The van der Waals surface area contributed by atoms with E-state index in [1.165, 1.54) is 11.8 Å². The lowest BCUT2D eigenvalue weighted by Crippen LogP contribution is -2.34. The summed E-state index contributed by atoms with van der Waals surface area (Å²) < 4.78 is 7.97. The number of oxime groups is 1. The maximum atomic E-state index is 12.3. The summed E-state index contributed by atoms with van der Waals surface area (Å²) in [6, 6.07) is 9.93. The Bertz CT molecular complexity index is 1390. The molecule has 1 fully saturated rings. The predicted molar refractivity (Wildman–Crippen MR) is 149 cm³/mol. The molecule has 12 heteroatoms. The van der Waals surface area contributed by atoms with E-state index in [2.05, 4.69) is 47.3 Å². The van der Waals surface area contributed by atoms with Crippen LogP contribution in [0.3, 0.4) is 0 Å². The van der Waals surface area contributed by atoms with E-state index in [9.17, 15) is 9.90 Å². The molecule has 10 nitrogen and oxygen atoms in total. The number of ether oxygens (including phenoxy) is 1. The molecule has 1 N–H and O–H groups in total. The lowest BCUT2D eigenvalue weighted by molar-refractivity contribution is -0.122. The molecular formula is C26H27BrN6O4S. The molecule has 2 aliphatic rings. The van der Waals surface area contributed by atoms with E-state index in [1.807, 2.05) is 40.4 Å². The normalized spacial score (nSPS) is 20.3. The summed E-state index contributed by atoms with van der Waals surface area (Å²) in [6.07, 6.45) is 8.49. The maximum absolute atomic E-state index is 12.3. The highest BCUT2D eigenvalue weighted by molar-refractivity contribution is 9.10. The molecule has 1 amide bonds. The van der Waals surface area contributed by atoms with Gasteiger partial charge >= 0.3 is 5.91 Å². The van der Waals surface area contributed by atoms with E-state index in [4.69, 9.17) is 9.57 Å². The lowest BCUT2D eigenvalue weighted by atomic mass is 9.97. The molecule has 4 heterocycles. The molecule has 1 saturated heterocycles. The van der Waals surface area contributed by atoms with Crippen LogP contribution in [0.15, 0.2) is 74.3 Å². The molecule has 38 heavy (non-hydrogen) atoms. The Morgan fingerprint density at radius 1 is 1.34 bits per heavy atom. The van der Waals surface area contributed by atoms with Crippen LogP contribution in [0.4, 0.5) is 5.69 Å². The largest absolute Gasteiger partial charge is 0.493 e. The van der Waals surface area contributed by atoms with E-state index in [0.29, 0.717) is 17.8 Å². The molecular weight excluding hydrogens is 572 g/mol. The van der Waals surface area contributed by atoms with Crippen LogP contribution >= 0.6 is 27.7 Å². The van der Waals surface area contributed by atoms with Gasteiger partial charge in [-0.05, 0) is 49.6 Å². The number of carbonyl (C=O) groups excluding carboxylic acids is 1. The predicted octanol–water partition coefficient (Wildman–Crippen LogP) is 6.25. The Morgan fingerprint density at radius 2 is 2.24 bits per heavy atom. The van der Waals surface area contributed by atoms with Crippen molar-refractivity contribution >= 4 is 55.9 Å². The number of amides is 1. The van der Waals surface area contributed by atoms with Gasteiger partial charge in [-0.1, -0.05) is 45.3 Å². The Balaban J connectivity index is 1.35. The zero-order valence-corrected chi connectivity index (χ0v) is 23.1. The lowest BCUT2D eigenvalue weighted by Gasteiger charge is -2.36. The molecule has 0 saturated carbocycles. The monoisotopic (exact) mass is 598 g/mol. The molecule has 0 bridgehead atoms. The van der Waals surface area contributed by atoms with Crippen LogP contribution in [-0.4, -0.2) is 49.8 Å². The number of benzene rings is 1. The number of halogens is 1. The quantitative estimate of drug-likeness (QED) is 0.185. The molecule has 3 aromatic rings. The fourth-order valence-corrected chi connectivity index (χ4v) is 5.63. The summed E-state index contributed by atoms with van der Waals surface area (Å²) in [4.78, 5) is 24.1. The molecule has 0 unspecified atom stereocenters. The average molecular weight is 600 g/mol. The number of pyridine rings is 1. The maximum Gasteiger partial charge on any atom is 0.304 e. The van der Waals surface area contributed by atoms with Gasteiger partial charge in [0.2, 0.25) is 5.88 Å². The van der Waals surface area contributed by atoms with Crippen LogP contribution in [0.25, 0.3) is 10.9 Å². The van der Waals surface area contributed by atoms with Crippen molar-refractivity contribution in [3.8, 4) is 5.88 Å². The van der Waals surface area contributed by atoms with Gasteiger partial charge in [-0.3, -0.25) is 19.2 Å². The van der Waals surface area contributed by atoms with E-state index < -0.39 is 5.91 Å². The molecule has 1 aromatic carbocycles. The third-order valence-electron chi connectivity index (χ3n) is 6.44. The number of thioether (sulfide) groups is 1. The first-order chi connectivity index (χ1) is 18.5. The smallest absolute Gasteiger partial charge is 0.304 e. The number of azo groups is 1. The van der Waals surface area contributed by atoms with Crippen LogP contribution in [0.2, 0.25) is 0 Å². The van der Waals surface area contributed by atoms with Crippen LogP contribution in [-0.2, 0) is 21.0 Å². The van der Waals surface area contributed by atoms with E-state index in [1.54, 1.807) is 19.4 Å². The topological polar surface area (TPSA) is 114 Å². The summed E-state index contributed by atoms with van der Waals surface area (Å²) in [7, 11) is 0. The van der Waals surface area contributed by atoms with Gasteiger partial charge in [0.15, 0.2) is 17.7 Å². The van der Waals surface area contributed by atoms with Crippen LogP contribution < -0.4 is 0 Å². The Hall–Kier alpha value is -3.22. The first-order valence-electron chi connectivity index (χ1n) is 12.2. The molecule has 2 atom stereocenters. The van der Waals surface area contributed by atoms with Crippen molar-refractivity contribution in [2.45, 2.75) is 44.3 Å². The number of carbonyl (C=O) groups is 1. The van der Waals surface area contributed by atoms with Crippen molar-refractivity contribution in [2.24, 2.45) is 15.4 Å². The molecule has 198 valence electrons. The van der Waals surface area contributed by atoms with Crippen molar-refractivity contribution in [2.75, 3.05) is 13.2 Å². The van der Waals surface area contributed by atoms with Crippen LogP contribution in [0.5, 0.6) is 5.88 Å². The number of rotatable bonds is 8. The number of fused-ring (bicyclic) bond motifs is 1. The summed E-state index contributed by atoms with van der Waals surface area (Å²) in [5, 5.41) is 25.6. The Morgan fingerprint density at radius 3 is 3.03 bits per heavy atom. The fraction of sp³-hybridized carbons (Fsp3) is 0.346. The second-order valence-electron chi connectivity index (χ2n) is 8.99. The second-order valence-corrected chi connectivity index (χ2v) is 10.9. The van der Waals surface area contributed by atoms with Crippen LogP contribution in [0, 0.1) is 0 Å². The molecule has 2 aromatic heterocycles. The van der Waals surface area contributed by atoms with Crippen LogP contribution in [0.1, 0.15) is 37.8 Å². The fourth-order valence-electron chi connectivity index (χ4n) is 4.63. The molecule has 2 aliphatic heterocycles. The minimum atomic E-state index is -0.623.